The van der Waals surface area contributed by atoms with Crippen LogP contribution in [0.2, 0.25) is 5.28 Å². The smallest absolute Gasteiger partial charge is 0.224 e. The van der Waals surface area contributed by atoms with Gasteiger partial charge in [0, 0.05) is 31.5 Å². The first-order valence-electron chi connectivity index (χ1n) is 7.08. The van der Waals surface area contributed by atoms with Crippen LogP contribution >= 0.6 is 34.2 Å². The molecule has 1 aliphatic carbocycles. The number of hydrogen-bond donors (Lipinski definition) is 1. The summed E-state index contributed by atoms with van der Waals surface area (Å²) in [6.45, 7) is 1.73. The van der Waals surface area contributed by atoms with Crippen molar-refractivity contribution in [1.29, 1.82) is 0 Å². The van der Waals surface area contributed by atoms with E-state index in [9.17, 15) is 0 Å². The molecule has 1 unspecified atom stereocenters. The molecule has 1 aromatic heterocycles. The number of alkyl halides is 1. The topological polar surface area (TPSA) is 50.3 Å². The lowest BCUT2D eigenvalue weighted by atomic mass is 10.0. The predicted octanol–water partition coefficient (Wildman–Crippen LogP) is 2.69. The Labute approximate surface area is 149 Å². The SMILES string of the molecule is COC1=C=CCc2c(nc(Cl)nc2NCCN(C)C)CC1I. The zero-order valence-electron chi connectivity index (χ0n) is 13.0. The molecule has 22 heavy (non-hydrogen) atoms. The minimum atomic E-state index is 0.179. The maximum Gasteiger partial charge on any atom is 0.224 e. The molecule has 0 spiro atoms. The summed E-state index contributed by atoms with van der Waals surface area (Å²) in [6.07, 6.45) is 3.44. The van der Waals surface area contributed by atoms with Gasteiger partial charge in [0.15, 0.2) is 5.76 Å². The quantitative estimate of drug-likeness (QED) is 0.334. The van der Waals surface area contributed by atoms with Gasteiger partial charge < -0.3 is 15.0 Å². The van der Waals surface area contributed by atoms with Crippen LogP contribution in [-0.4, -0.2) is 53.1 Å². The number of rotatable bonds is 5. The van der Waals surface area contributed by atoms with Gasteiger partial charge >= 0.3 is 0 Å². The highest BCUT2D eigenvalue weighted by atomic mass is 127. The Hall–Kier alpha value is -0.820. The second-order valence-corrected chi connectivity index (χ2v) is 7.13. The van der Waals surface area contributed by atoms with Crippen LogP contribution in [0, 0.1) is 0 Å². The van der Waals surface area contributed by atoms with Crippen molar-refractivity contribution in [3.63, 3.8) is 0 Å². The molecule has 120 valence electrons. The third-order valence-electron chi connectivity index (χ3n) is 3.34. The highest BCUT2D eigenvalue weighted by molar-refractivity contribution is 14.1. The molecule has 1 heterocycles. The van der Waals surface area contributed by atoms with Gasteiger partial charge in [0.05, 0.1) is 16.7 Å². The van der Waals surface area contributed by atoms with Gasteiger partial charge in [0.2, 0.25) is 5.28 Å². The second-order valence-electron chi connectivity index (χ2n) is 5.29. The Morgan fingerprint density at radius 3 is 2.95 bits per heavy atom. The van der Waals surface area contributed by atoms with Crippen LogP contribution in [0.15, 0.2) is 17.6 Å². The molecule has 0 fully saturated rings. The number of hydrogen-bond acceptors (Lipinski definition) is 5. The van der Waals surface area contributed by atoms with Gasteiger partial charge in [0.25, 0.3) is 0 Å². The van der Waals surface area contributed by atoms with Crippen LogP contribution in [0.4, 0.5) is 5.82 Å². The van der Waals surface area contributed by atoms with E-state index in [1.54, 1.807) is 7.11 Å². The van der Waals surface area contributed by atoms with E-state index in [0.717, 1.165) is 42.3 Å². The number of nitrogens with zero attached hydrogens (tertiary/aromatic N) is 3. The molecule has 0 aliphatic heterocycles. The summed E-state index contributed by atoms with van der Waals surface area (Å²) in [4.78, 5) is 10.9. The number of methoxy groups -OCH3 is 1. The molecule has 0 radical (unpaired) electrons. The molecule has 0 aromatic carbocycles. The summed E-state index contributed by atoms with van der Waals surface area (Å²) >= 11 is 8.44. The fraction of sp³-hybridized carbons (Fsp3) is 0.533. The molecule has 0 saturated heterocycles. The van der Waals surface area contributed by atoms with Crippen molar-refractivity contribution in [1.82, 2.24) is 14.9 Å². The summed E-state index contributed by atoms with van der Waals surface area (Å²) < 4.78 is 5.55. The van der Waals surface area contributed by atoms with Gasteiger partial charge in [-0.1, -0.05) is 28.3 Å². The van der Waals surface area contributed by atoms with Crippen molar-refractivity contribution in [3.05, 3.63) is 34.1 Å². The normalized spacial score (nSPS) is 17.5. The molecule has 7 heteroatoms. The summed E-state index contributed by atoms with van der Waals surface area (Å²) in [7, 11) is 5.76. The van der Waals surface area contributed by atoms with Crippen LogP contribution in [0.3, 0.4) is 0 Å². The predicted molar refractivity (Wildman–Crippen MR) is 97.9 cm³/mol. The Balaban J connectivity index is 2.30. The number of allylic oxidation sites excluding steroid dienone is 1. The molecule has 1 N–H and O–H groups in total. The zero-order valence-corrected chi connectivity index (χ0v) is 15.9. The monoisotopic (exact) mass is 434 g/mol. The van der Waals surface area contributed by atoms with Crippen molar-refractivity contribution in [2.75, 3.05) is 39.6 Å². The minimum absolute atomic E-state index is 0.179. The lowest BCUT2D eigenvalue weighted by Crippen LogP contribution is -2.22. The van der Waals surface area contributed by atoms with Crippen molar-refractivity contribution >= 4 is 40.0 Å². The average Bonchev–Trinajstić information content (AvgIpc) is 2.43. The maximum atomic E-state index is 6.10. The van der Waals surface area contributed by atoms with Gasteiger partial charge in [-0.05, 0) is 31.8 Å². The Kier molecular flexibility index (Phi) is 6.50. The fourth-order valence-corrected chi connectivity index (χ4v) is 3.26. The summed E-state index contributed by atoms with van der Waals surface area (Å²) in [6, 6.07) is 0. The molecule has 1 aliphatic rings. The standard InChI is InChI=1S/C15H20ClIN4O/c1-21(2)8-7-18-14-10-5-4-6-13(22-3)11(17)9-12(10)19-15(16)20-14/h4,11H,5,7-9H2,1-3H3,(H,18,19,20). The van der Waals surface area contributed by atoms with Gasteiger partial charge in [-0.3, -0.25) is 0 Å². The Morgan fingerprint density at radius 1 is 1.50 bits per heavy atom. The largest absolute Gasteiger partial charge is 0.492 e. The number of likely N-dealkylation sites (N-methyl/N-ethyl adjacent to an activating group) is 1. The third kappa shape index (κ3) is 4.59. The summed E-state index contributed by atoms with van der Waals surface area (Å²) in [5, 5.41) is 3.65. The van der Waals surface area contributed by atoms with Crippen molar-refractivity contribution in [2.45, 2.75) is 16.8 Å². The van der Waals surface area contributed by atoms with Gasteiger partial charge in [-0.15, -0.1) is 0 Å². The highest BCUT2D eigenvalue weighted by Crippen LogP contribution is 2.27. The van der Waals surface area contributed by atoms with Crippen LogP contribution < -0.4 is 5.32 Å². The minimum Gasteiger partial charge on any atom is -0.492 e. The number of nitrogens with one attached hydrogen (secondary N) is 1. The van der Waals surface area contributed by atoms with Crippen molar-refractivity contribution in [3.8, 4) is 0 Å². The Bertz CT molecular complexity index is 599. The second kappa shape index (κ2) is 8.15. The fourth-order valence-electron chi connectivity index (χ4n) is 2.22. The summed E-state index contributed by atoms with van der Waals surface area (Å²) in [5.41, 5.74) is 5.28. The van der Waals surface area contributed by atoms with E-state index < -0.39 is 0 Å². The molecule has 1 aromatic rings. The maximum absolute atomic E-state index is 6.10. The number of aromatic nitrogens is 2. The first kappa shape index (κ1) is 17.5. The molecule has 2 rings (SSSR count). The molecule has 0 bridgehead atoms. The molecule has 1 atom stereocenters. The number of anilines is 1. The number of fused-ring (bicyclic) bond motifs is 1. The van der Waals surface area contributed by atoms with Gasteiger partial charge in [-0.2, -0.15) is 0 Å². The van der Waals surface area contributed by atoms with Crippen LogP contribution in [-0.2, 0) is 17.6 Å². The first-order valence-corrected chi connectivity index (χ1v) is 8.70. The van der Waals surface area contributed by atoms with Gasteiger partial charge in [0.1, 0.15) is 5.82 Å². The molecular weight excluding hydrogens is 415 g/mol. The van der Waals surface area contributed by atoms with Gasteiger partial charge in [-0.25, -0.2) is 9.97 Å². The third-order valence-corrected chi connectivity index (χ3v) is 4.52. The van der Waals surface area contributed by atoms with E-state index in [-0.39, 0.29) is 9.21 Å². The van der Waals surface area contributed by atoms with E-state index in [1.165, 1.54) is 0 Å². The van der Waals surface area contributed by atoms with E-state index in [2.05, 4.69) is 48.5 Å². The lowest BCUT2D eigenvalue weighted by molar-refractivity contribution is 0.283. The lowest BCUT2D eigenvalue weighted by Gasteiger charge is -2.19. The van der Waals surface area contributed by atoms with Crippen LogP contribution in [0.1, 0.15) is 11.3 Å². The van der Waals surface area contributed by atoms with E-state index >= 15 is 0 Å². The number of ether oxygens (including phenoxy) is 1. The zero-order chi connectivity index (χ0) is 16.1. The molecule has 0 amide bonds. The van der Waals surface area contributed by atoms with Crippen molar-refractivity contribution < 1.29 is 4.74 Å². The van der Waals surface area contributed by atoms with Crippen molar-refractivity contribution in [2.24, 2.45) is 0 Å². The van der Waals surface area contributed by atoms with Crippen LogP contribution in [0.5, 0.6) is 0 Å². The molecule has 5 nitrogen and oxygen atoms in total. The number of halogens is 2. The molecule has 0 saturated carbocycles. The highest BCUT2D eigenvalue weighted by Gasteiger charge is 2.20. The van der Waals surface area contributed by atoms with E-state index in [0.29, 0.717) is 6.42 Å². The van der Waals surface area contributed by atoms with E-state index in [4.69, 9.17) is 16.3 Å². The Morgan fingerprint density at radius 2 is 2.27 bits per heavy atom. The van der Waals surface area contributed by atoms with Crippen LogP contribution in [0.25, 0.3) is 0 Å². The first-order chi connectivity index (χ1) is 10.5. The van der Waals surface area contributed by atoms with E-state index in [1.807, 2.05) is 20.2 Å². The summed E-state index contributed by atoms with van der Waals surface area (Å²) in [5.74, 6) is 1.66. The molecular formula is C15H20ClIN4O. The average molecular weight is 435 g/mol.